The first-order chi connectivity index (χ1) is 12.9. The van der Waals surface area contributed by atoms with Crippen LogP contribution in [-0.4, -0.2) is 59.4 Å². The normalized spacial score (nSPS) is 18.8. The molecule has 0 amide bonds. The first kappa shape index (κ1) is 17.7. The Balaban J connectivity index is 1.77. The minimum absolute atomic E-state index is 0.0151. The fourth-order valence-electron chi connectivity index (χ4n) is 3.24. The van der Waals surface area contributed by atoms with Crippen molar-refractivity contribution in [3.8, 4) is 0 Å². The maximum Gasteiger partial charge on any atom is 0.654 e. The SMILES string of the molecule is CC(=O)c1ccc2cc(B3OC(=O)CN(C)CC(=O)O3)n(CC3CC3)c2n1. The van der Waals surface area contributed by atoms with E-state index in [-0.39, 0.29) is 18.9 Å². The van der Waals surface area contributed by atoms with Crippen molar-refractivity contribution in [1.82, 2.24) is 14.5 Å². The van der Waals surface area contributed by atoms with Crippen LogP contribution in [0.5, 0.6) is 0 Å². The molecule has 2 fully saturated rings. The lowest BCUT2D eigenvalue weighted by Crippen LogP contribution is -2.50. The van der Waals surface area contributed by atoms with Gasteiger partial charge in [-0.3, -0.25) is 19.3 Å². The molecule has 4 rings (SSSR count). The maximum atomic E-state index is 12.1. The van der Waals surface area contributed by atoms with Crippen LogP contribution in [0.3, 0.4) is 0 Å². The van der Waals surface area contributed by atoms with Gasteiger partial charge in [-0.05, 0) is 44.0 Å². The number of carbonyl (C=O) groups is 3. The number of hydrogen-bond donors (Lipinski definition) is 0. The van der Waals surface area contributed by atoms with Gasteiger partial charge in [-0.2, -0.15) is 0 Å². The third-order valence-electron chi connectivity index (χ3n) is 4.79. The van der Waals surface area contributed by atoms with Crippen molar-refractivity contribution in [2.24, 2.45) is 5.92 Å². The third kappa shape index (κ3) is 3.73. The molecule has 140 valence electrons. The molecule has 1 saturated carbocycles. The van der Waals surface area contributed by atoms with E-state index in [0.29, 0.717) is 29.4 Å². The highest BCUT2D eigenvalue weighted by molar-refractivity contribution is 6.64. The molecule has 0 atom stereocenters. The number of pyridine rings is 1. The summed E-state index contributed by atoms with van der Waals surface area (Å²) >= 11 is 0. The van der Waals surface area contributed by atoms with Gasteiger partial charge < -0.3 is 13.9 Å². The number of rotatable bonds is 4. The second-order valence-corrected chi connectivity index (χ2v) is 7.27. The monoisotopic (exact) mass is 369 g/mol. The minimum Gasteiger partial charge on any atom is -0.493 e. The molecule has 9 heteroatoms. The minimum atomic E-state index is -1.12. The number of likely N-dealkylation sites (N-methyl/N-ethyl adjacent to an activating group) is 1. The van der Waals surface area contributed by atoms with Gasteiger partial charge in [0.05, 0.1) is 18.7 Å². The average Bonchev–Trinajstić information content (AvgIpc) is 3.33. The van der Waals surface area contributed by atoms with Gasteiger partial charge in [-0.25, -0.2) is 4.98 Å². The Morgan fingerprint density at radius 2 is 1.89 bits per heavy atom. The fourth-order valence-corrected chi connectivity index (χ4v) is 3.24. The highest BCUT2D eigenvalue weighted by Crippen LogP contribution is 2.31. The highest BCUT2D eigenvalue weighted by Gasteiger charge is 2.38. The Hall–Kier alpha value is -2.68. The molecule has 27 heavy (non-hydrogen) atoms. The van der Waals surface area contributed by atoms with Crippen LogP contribution < -0.4 is 5.59 Å². The van der Waals surface area contributed by atoms with Crippen molar-refractivity contribution in [2.75, 3.05) is 20.1 Å². The molecule has 1 aliphatic carbocycles. The number of ketones is 1. The summed E-state index contributed by atoms with van der Waals surface area (Å²) < 4.78 is 12.8. The van der Waals surface area contributed by atoms with E-state index in [1.807, 2.05) is 16.7 Å². The lowest BCUT2D eigenvalue weighted by molar-refractivity contribution is -0.145. The van der Waals surface area contributed by atoms with Crippen LogP contribution in [0.15, 0.2) is 18.2 Å². The zero-order valence-corrected chi connectivity index (χ0v) is 15.3. The van der Waals surface area contributed by atoms with Crippen molar-refractivity contribution in [3.05, 3.63) is 23.9 Å². The Labute approximate surface area is 156 Å². The van der Waals surface area contributed by atoms with Crippen LogP contribution in [0.2, 0.25) is 0 Å². The van der Waals surface area contributed by atoms with Gasteiger partial charge >= 0.3 is 19.1 Å². The van der Waals surface area contributed by atoms with Crippen LogP contribution in [-0.2, 0) is 25.4 Å². The average molecular weight is 369 g/mol. The van der Waals surface area contributed by atoms with Gasteiger partial charge in [-0.1, -0.05) is 0 Å². The second-order valence-electron chi connectivity index (χ2n) is 7.27. The van der Waals surface area contributed by atoms with E-state index in [1.54, 1.807) is 18.0 Å². The van der Waals surface area contributed by atoms with E-state index in [9.17, 15) is 14.4 Å². The number of nitrogens with zero attached hydrogens (tertiary/aromatic N) is 3. The largest absolute Gasteiger partial charge is 0.654 e. The van der Waals surface area contributed by atoms with E-state index >= 15 is 0 Å². The second kappa shape index (κ2) is 6.81. The molecule has 0 N–H and O–H groups in total. The van der Waals surface area contributed by atoms with Gasteiger partial charge in [0.15, 0.2) is 5.78 Å². The predicted molar refractivity (Wildman–Crippen MR) is 97.5 cm³/mol. The van der Waals surface area contributed by atoms with E-state index in [1.165, 1.54) is 6.92 Å². The lowest BCUT2D eigenvalue weighted by atomic mass is 9.83. The summed E-state index contributed by atoms with van der Waals surface area (Å²) in [6.45, 7) is 2.18. The van der Waals surface area contributed by atoms with Crippen LogP contribution in [0.25, 0.3) is 11.0 Å². The van der Waals surface area contributed by atoms with Gasteiger partial charge in [0.1, 0.15) is 11.3 Å². The molecular weight excluding hydrogens is 349 g/mol. The topological polar surface area (TPSA) is 90.7 Å². The Morgan fingerprint density at radius 3 is 2.48 bits per heavy atom. The summed E-state index contributed by atoms with van der Waals surface area (Å²) in [7, 11) is 0.535. The summed E-state index contributed by atoms with van der Waals surface area (Å²) in [6.07, 6.45) is 2.22. The van der Waals surface area contributed by atoms with Crippen LogP contribution in [0.1, 0.15) is 30.3 Å². The molecule has 0 radical (unpaired) electrons. The summed E-state index contributed by atoms with van der Waals surface area (Å²) in [4.78, 5) is 42.0. The van der Waals surface area contributed by atoms with Gasteiger partial charge in [-0.15, -0.1) is 0 Å². The van der Waals surface area contributed by atoms with E-state index in [0.717, 1.165) is 18.2 Å². The number of fused-ring (bicyclic) bond motifs is 1. The summed E-state index contributed by atoms with van der Waals surface area (Å²) in [5.74, 6) is -0.538. The Morgan fingerprint density at radius 1 is 1.22 bits per heavy atom. The van der Waals surface area contributed by atoms with Crippen molar-refractivity contribution in [2.45, 2.75) is 26.3 Å². The Kier molecular flexibility index (Phi) is 4.47. The van der Waals surface area contributed by atoms with E-state index in [2.05, 4.69) is 4.98 Å². The molecule has 8 nitrogen and oxygen atoms in total. The van der Waals surface area contributed by atoms with Crippen molar-refractivity contribution < 1.29 is 23.7 Å². The zero-order valence-electron chi connectivity index (χ0n) is 15.3. The van der Waals surface area contributed by atoms with Crippen molar-refractivity contribution in [1.29, 1.82) is 0 Å². The molecule has 2 aliphatic rings. The molecule has 0 aromatic carbocycles. The standard InChI is InChI=1S/C18H20BN3O5/c1-11(23)14-6-5-13-7-15(22(18(13)20-14)8-12-3-4-12)19-26-16(24)9-21(2)10-17(25)27-19/h5-7,12H,3-4,8-10H2,1-2H3. The zero-order chi connectivity index (χ0) is 19.1. The van der Waals surface area contributed by atoms with E-state index < -0.39 is 19.1 Å². The maximum absolute atomic E-state index is 12.1. The molecule has 2 aromatic rings. The third-order valence-corrected chi connectivity index (χ3v) is 4.79. The van der Waals surface area contributed by atoms with E-state index in [4.69, 9.17) is 9.31 Å². The first-order valence-electron chi connectivity index (χ1n) is 8.99. The molecule has 0 bridgehead atoms. The number of carbonyl (C=O) groups excluding carboxylic acids is 3. The molecule has 3 heterocycles. The van der Waals surface area contributed by atoms with Crippen molar-refractivity contribution >= 4 is 41.5 Å². The molecule has 1 aliphatic heterocycles. The van der Waals surface area contributed by atoms with Crippen molar-refractivity contribution in [3.63, 3.8) is 0 Å². The molecule has 0 spiro atoms. The summed E-state index contributed by atoms with van der Waals surface area (Å²) in [5, 5.41) is 0.807. The number of hydrogen-bond acceptors (Lipinski definition) is 7. The molecule has 1 saturated heterocycles. The van der Waals surface area contributed by atoms with Gasteiger partial charge in [0.25, 0.3) is 0 Å². The van der Waals surface area contributed by atoms with Crippen LogP contribution in [0.4, 0.5) is 0 Å². The van der Waals surface area contributed by atoms with Crippen LogP contribution >= 0.6 is 0 Å². The quantitative estimate of drug-likeness (QED) is 0.568. The molecular formula is C18H20BN3O5. The lowest BCUT2D eigenvalue weighted by Gasteiger charge is -2.23. The molecule has 0 unspecified atom stereocenters. The first-order valence-corrected chi connectivity index (χ1v) is 8.99. The fraction of sp³-hybridized carbons (Fsp3) is 0.444. The van der Waals surface area contributed by atoms with Gasteiger partial charge in [0.2, 0.25) is 0 Å². The van der Waals surface area contributed by atoms with Crippen LogP contribution in [0, 0.1) is 5.92 Å². The number of Topliss-reactive ketones (excluding diaryl/α,β-unsaturated/α-hetero) is 1. The smallest absolute Gasteiger partial charge is 0.493 e. The predicted octanol–water partition coefficient (Wildman–Crippen LogP) is 0.376. The summed E-state index contributed by atoms with van der Waals surface area (Å²) in [6, 6.07) is 5.29. The number of aromatic nitrogens is 2. The Bertz CT molecular complexity index is 916. The highest BCUT2D eigenvalue weighted by atomic mass is 16.6. The summed E-state index contributed by atoms with van der Waals surface area (Å²) in [5.41, 5.74) is 1.57. The molecule has 2 aromatic heterocycles. The van der Waals surface area contributed by atoms with Gasteiger partial charge in [0, 0.05) is 18.9 Å².